The van der Waals surface area contributed by atoms with Crippen LogP contribution in [0.25, 0.3) is 19.3 Å². The molecule has 3 rings (SSSR count). The number of hydrogen-bond donors (Lipinski definition) is 0. The molecule has 0 unspecified atom stereocenters. The van der Waals surface area contributed by atoms with Gasteiger partial charge >= 0.3 is 194 Å². The Hall–Kier alpha value is -1.97. The number of halogens is 12. The van der Waals surface area contributed by atoms with E-state index in [0.717, 1.165) is 24.3 Å². The van der Waals surface area contributed by atoms with Crippen molar-refractivity contribution >= 4 is 42.9 Å². The maximum Gasteiger partial charge on any atom is 0.485 e. The molecule has 0 bridgehead atoms. The molecule has 0 N–H and O–H groups in total. The first-order valence-corrected chi connectivity index (χ1v) is 15.1. The van der Waals surface area contributed by atoms with Crippen molar-refractivity contribution in [3.63, 3.8) is 0 Å². The minimum absolute atomic E-state index is 0.106. The van der Waals surface area contributed by atoms with Crippen LogP contribution in [0.15, 0.2) is 24.3 Å². The van der Waals surface area contributed by atoms with Gasteiger partial charge < -0.3 is 4.55 Å². The summed E-state index contributed by atoms with van der Waals surface area (Å²) in [6, 6.07) is 3.56. The predicted octanol–water partition coefficient (Wildman–Crippen LogP) is 8.41. The second kappa shape index (κ2) is 10.3. The zero-order valence-corrected chi connectivity index (χ0v) is 24.4. The fraction of sp³-hybridized carbons (Fsp3) is 0.500. The Morgan fingerprint density at radius 1 is 0.634 bits per heavy atom. The van der Waals surface area contributed by atoms with Crippen LogP contribution in [-0.4, -0.2) is 44.0 Å². The molecule has 2 aromatic carbocycles. The molecule has 0 aliphatic rings. The van der Waals surface area contributed by atoms with Gasteiger partial charge in [-0.05, 0) is 0 Å². The van der Waals surface area contributed by atoms with Crippen LogP contribution in [0.3, 0.4) is 0 Å². The van der Waals surface area contributed by atoms with Crippen LogP contribution in [0.4, 0.5) is 52.7 Å². The second-order valence-electron chi connectivity index (χ2n) is 11.0. The van der Waals surface area contributed by atoms with Gasteiger partial charge in [-0.3, -0.25) is 0 Å². The molecule has 3 nitrogen and oxygen atoms in total. The van der Waals surface area contributed by atoms with Crippen LogP contribution < -0.4 is 0 Å². The van der Waals surface area contributed by atoms with Gasteiger partial charge in [0.2, 0.25) is 0 Å². The maximum atomic E-state index is 15.2. The Balaban J connectivity index is 0.000000642. The van der Waals surface area contributed by atoms with E-state index in [-0.39, 0.29) is 21.9 Å². The van der Waals surface area contributed by atoms with Crippen LogP contribution in [-0.2, 0) is 25.8 Å². The van der Waals surface area contributed by atoms with Crippen LogP contribution in [0, 0.1) is 11.6 Å². The third kappa shape index (κ3) is 6.52. The molecule has 0 radical (unpaired) electrons. The molecule has 0 atom stereocenters. The number of rotatable bonds is 2. The molecule has 0 saturated heterocycles. The third-order valence-electron chi connectivity index (χ3n) is 5.75. The van der Waals surface area contributed by atoms with Crippen LogP contribution in [0.1, 0.15) is 52.7 Å². The maximum absolute atomic E-state index is 15.2. The van der Waals surface area contributed by atoms with Gasteiger partial charge in [-0.1, -0.05) is 0 Å². The van der Waals surface area contributed by atoms with Gasteiger partial charge in [-0.25, -0.2) is 8.42 Å². The SMILES string of the molecule is CC(C)(C)c1cc2c(cc1F)c1cc(F)c(C(C)(C)C)cc1[se+]2C(F)(F)C(F)(F)C(F)(F)F.O=S(=O)([O-])C(F)(F)F. The largest absolute Gasteiger partial charge is 0.741 e. The summed E-state index contributed by atoms with van der Waals surface area (Å²) in [4.78, 5) is -5.51. The third-order valence-corrected chi connectivity index (χ3v) is 11.2. The van der Waals surface area contributed by atoms with E-state index in [0.29, 0.717) is 0 Å². The van der Waals surface area contributed by atoms with Gasteiger partial charge in [-0.15, -0.1) is 0 Å². The summed E-state index contributed by atoms with van der Waals surface area (Å²) in [5.74, 6) is -8.02. The predicted molar refractivity (Wildman–Crippen MR) is 127 cm³/mol. The molecule has 232 valence electrons. The van der Waals surface area contributed by atoms with E-state index in [4.69, 9.17) is 13.0 Å². The topological polar surface area (TPSA) is 57.2 Å². The van der Waals surface area contributed by atoms with E-state index >= 15 is 8.78 Å². The second-order valence-corrected chi connectivity index (χ2v) is 16.5. The summed E-state index contributed by atoms with van der Waals surface area (Å²) in [6.07, 6.45) is -6.51. The van der Waals surface area contributed by atoms with Gasteiger partial charge in [-0.2, -0.15) is 13.2 Å². The first-order chi connectivity index (χ1) is 17.9. The molecule has 0 amide bonds. The average molecular weight is 697 g/mol. The van der Waals surface area contributed by atoms with E-state index in [9.17, 15) is 43.9 Å². The first-order valence-electron chi connectivity index (χ1n) is 11.1. The quantitative estimate of drug-likeness (QED) is 0.117. The normalized spacial score (nSPS) is 14.4. The van der Waals surface area contributed by atoms with Crippen molar-refractivity contribution in [2.75, 3.05) is 0 Å². The Morgan fingerprint density at radius 2 is 0.927 bits per heavy atom. The van der Waals surface area contributed by atoms with E-state index < -0.39 is 77.0 Å². The van der Waals surface area contributed by atoms with Crippen molar-refractivity contribution < 1.29 is 65.7 Å². The van der Waals surface area contributed by atoms with Crippen molar-refractivity contribution in [1.29, 1.82) is 0 Å². The Morgan fingerprint density at radius 3 is 1.15 bits per heavy atom. The Bertz CT molecular complexity index is 1500. The van der Waals surface area contributed by atoms with Crippen LogP contribution in [0.2, 0.25) is 0 Å². The number of fused-ring (bicyclic) bond motifs is 3. The van der Waals surface area contributed by atoms with E-state index in [1.807, 2.05) is 0 Å². The number of hydrogen-bond acceptors (Lipinski definition) is 3. The molecular weight excluding hydrogens is 675 g/mol. The molecule has 3 aromatic rings. The molecule has 17 heteroatoms. The fourth-order valence-electron chi connectivity index (χ4n) is 3.70. The first kappa shape index (κ1) is 35.2. The summed E-state index contributed by atoms with van der Waals surface area (Å²) < 4.78 is 186. The van der Waals surface area contributed by atoms with Gasteiger partial charge in [0.25, 0.3) is 0 Å². The molecule has 1 aromatic heterocycles. The number of alkyl halides is 10. The molecule has 0 aliphatic heterocycles. The zero-order valence-electron chi connectivity index (χ0n) is 21.9. The van der Waals surface area contributed by atoms with Crippen molar-refractivity contribution in [2.45, 2.75) is 74.8 Å². The van der Waals surface area contributed by atoms with E-state index in [1.54, 1.807) is 41.5 Å². The minimum atomic E-state index is -6.51. The molecule has 1 heterocycles. The Kier molecular flexibility index (Phi) is 8.88. The monoisotopic (exact) mass is 698 g/mol. The van der Waals surface area contributed by atoms with Gasteiger partial charge in [0.15, 0.2) is 10.1 Å². The van der Waals surface area contributed by atoms with Crippen molar-refractivity contribution in [3.8, 4) is 0 Å². The molecule has 0 aliphatic carbocycles. The Labute approximate surface area is 230 Å². The van der Waals surface area contributed by atoms with E-state index in [2.05, 4.69) is 0 Å². The summed E-state index contributed by atoms with van der Waals surface area (Å²) in [7, 11) is -6.09. The zero-order chi connectivity index (χ0) is 32.5. The summed E-state index contributed by atoms with van der Waals surface area (Å²) in [6.45, 7) is 9.30. The molecule has 0 spiro atoms. The standard InChI is InChI=1S/C23H22F9Se.CHF3O3S/c1-19(2,3)13-9-17-11(7-15(13)24)12-8-16(25)14(20(4,5)6)10-18(12)33(17)23(31,32)21(26,27)22(28,29)30;2-1(3,4)8(5,6)7/h7-10H,1-6H3;(H,5,6,7)/q+1;/p-1. The number of benzene rings is 2. The molecule has 41 heavy (non-hydrogen) atoms. The van der Waals surface area contributed by atoms with Crippen molar-refractivity contribution in [1.82, 2.24) is 0 Å². The smallest absolute Gasteiger partial charge is 0.485 e. The van der Waals surface area contributed by atoms with Gasteiger partial charge in [0.1, 0.15) is 0 Å². The molecule has 0 fully saturated rings. The van der Waals surface area contributed by atoms with Crippen molar-refractivity contribution in [2.24, 2.45) is 0 Å². The van der Waals surface area contributed by atoms with E-state index in [1.165, 1.54) is 0 Å². The minimum Gasteiger partial charge on any atom is -0.741 e. The van der Waals surface area contributed by atoms with Crippen LogP contribution >= 0.6 is 0 Å². The van der Waals surface area contributed by atoms with Crippen molar-refractivity contribution in [3.05, 3.63) is 47.0 Å². The molecule has 0 saturated carbocycles. The van der Waals surface area contributed by atoms with Crippen LogP contribution in [0.5, 0.6) is 0 Å². The van der Waals surface area contributed by atoms with Gasteiger partial charge in [0.05, 0.1) is 0 Å². The summed E-state index contributed by atoms with van der Waals surface area (Å²) in [5, 5.41) is -0.560. The van der Waals surface area contributed by atoms with Gasteiger partial charge in [0, 0.05) is 0 Å². The summed E-state index contributed by atoms with van der Waals surface area (Å²) >= 11 is -4.50. The average Bonchev–Trinajstić information content (AvgIpc) is 3.02. The summed E-state index contributed by atoms with van der Waals surface area (Å²) in [5.41, 5.74) is -7.76. The molecular formula is C24H22F12O3SSe. The fourth-order valence-corrected chi connectivity index (χ4v) is 8.76.